The second kappa shape index (κ2) is 2.37. The quantitative estimate of drug-likeness (QED) is 0.567. The van der Waals surface area contributed by atoms with Crippen LogP contribution in [0.5, 0.6) is 0 Å². The molecule has 12 heavy (non-hydrogen) atoms. The number of Topliss-reactive ketones (excluding diaryl/α,β-unsaturated/α-hetero) is 1. The van der Waals surface area contributed by atoms with E-state index < -0.39 is 0 Å². The number of carbonyl (C=O) groups excluding carboxylic acids is 1. The summed E-state index contributed by atoms with van der Waals surface area (Å²) in [5.41, 5.74) is 1.04. The predicted octanol–water partition coefficient (Wildman–Crippen LogP) is 0.327. The lowest BCUT2D eigenvalue weighted by molar-refractivity contribution is 0.101. The molecule has 0 saturated heterocycles. The van der Waals surface area contributed by atoms with Crippen LogP contribution in [0.25, 0.3) is 5.65 Å². The van der Waals surface area contributed by atoms with Crippen molar-refractivity contribution in [3.63, 3.8) is 0 Å². The first-order valence-electron chi connectivity index (χ1n) is 3.44. The Morgan fingerprint density at radius 3 is 3.08 bits per heavy atom. The average molecular weight is 162 g/mol. The van der Waals surface area contributed by atoms with Gasteiger partial charge in [-0.15, -0.1) is 0 Å². The molecule has 5 nitrogen and oxygen atoms in total. The minimum Gasteiger partial charge on any atom is -0.293 e. The summed E-state index contributed by atoms with van der Waals surface area (Å²) in [7, 11) is 0. The maximum absolute atomic E-state index is 10.9. The Kier molecular flexibility index (Phi) is 1.36. The van der Waals surface area contributed by atoms with Crippen LogP contribution in [0.3, 0.4) is 0 Å². The Morgan fingerprint density at radius 2 is 2.33 bits per heavy atom. The van der Waals surface area contributed by atoms with Crippen LogP contribution in [0, 0.1) is 0 Å². The van der Waals surface area contributed by atoms with E-state index in [9.17, 15) is 4.79 Å². The van der Waals surface area contributed by atoms with Crippen LogP contribution in [0.1, 0.15) is 17.4 Å². The number of hydrogen-bond donors (Lipinski definition) is 0. The average Bonchev–Trinajstić information content (AvgIpc) is 2.49. The van der Waals surface area contributed by atoms with E-state index in [1.807, 2.05) is 0 Å². The van der Waals surface area contributed by atoms with E-state index in [4.69, 9.17) is 0 Å². The Labute approximate surface area is 68.1 Å². The molecule has 0 amide bonds. The molecule has 0 aliphatic heterocycles. The number of hydrogen-bond acceptors (Lipinski definition) is 4. The highest BCUT2D eigenvalue weighted by Crippen LogP contribution is 1.98. The third-order valence-electron chi connectivity index (χ3n) is 1.53. The number of carbonyl (C=O) groups is 1. The summed E-state index contributed by atoms with van der Waals surface area (Å²) in [5, 5.41) is 3.88. The van der Waals surface area contributed by atoms with Crippen LogP contribution in [-0.4, -0.2) is 25.4 Å². The highest BCUT2D eigenvalue weighted by Gasteiger charge is 2.02. The molecule has 0 aliphatic rings. The Balaban J connectivity index is 2.68. The highest BCUT2D eigenvalue weighted by atomic mass is 16.1. The molecule has 0 atom stereocenters. The number of ketones is 1. The summed E-state index contributed by atoms with van der Waals surface area (Å²) >= 11 is 0. The Hall–Kier alpha value is -1.78. The zero-order valence-electron chi connectivity index (χ0n) is 6.43. The smallest absolute Gasteiger partial charge is 0.179 e. The molecule has 0 aromatic carbocycles. The van der Waals surface area contributed by atoms with Crippen molar-refractivity contribution < 1.29 is 4.79 Å². The van der Waals surface area contributed by atoms with E-state index in [0.717, 1.165) is 0 Å². The fourth-order valence-electron chi connectivity index (χ4n) is 0.909. The molecule has 5 heteroatoms. The number of nitrogens with zero attached hydrogens (tertiary/aromatic N) is 4. The lowest BCUT2D eigenvalue weighted by atomic mass is 10.3. The number of rotatable bonds is 1. The first-order valence-corrected chi connectivity index (χ1v) is 3.44. The monoisotopic (exact) mass is 162 g/mol. The minimum atomic E-state index is -0.0765. The van der Waals surface area contributed by atoms with Crippen LogP contribution < -0.4 is 0 Å². The van der Waals surface area contributed by atoms with Crippen molar-refractivity contribution >= 4 is 11.4 Å². The van der Waals surface area contributed by atoms with Crippen molar-refractivity contribution in [1.29, 1.82) is 0 Å². The second-order valence-electron chi connectivity index (χ2n) is 2.39. The molecule has 2 aromatic rings. The molecule has 0 bridgehead atoms. The predicted molar refractivity (Wildman–Crippen MR) is 40.8 cm³/mol. The summed E-state index contributed by atoms with van der Waals surface area (Å²) in [6, 6.07) is 0. The SMILES string of the molecule is CC(=O)c1cn2ncnc2cn1. The van der Waals surface area contributed by atoms with Gasteiger partial charge in [-0.3, -0.25) is 4.79 Å². The first kappa shape index (κ1) is 6.90. The van der Waals surface area contributed by atoms with Crippen LogP contribution in [0.15, 0.2) is 18.7 Å². The fourth-order valence-corrected chi connectivity index (χ4v) is 0.909. The van der Waals surface area contributed by atoms with Gasteiger partial charge in [0.1, 0.15) is 12.0 Å². The van der Waals surface area contributed by atoms with Gasteiger partial charge in [-0.2, -0.15) is 5.10 Å². The summed E-state index contributed by atoms with van der Waals surface area (Å²) in [4.78, 5) is 18.7. The van der Waals surface area contributed by atoms with E-state index >= 15 is 0 Å². The van der Waals surface area contributed by atoms with Crippen molar-refractivity contribution in [2.75, 3.05) is 0 Å². The van der Waals surface area contributed by atoms with Gasteiger partial charge in [0.05, 0.1) is 12.4 Å². The van der Waals surface area contributed by atoms with E-state index in [0.29, 0.717) is 11.3 Å². The van der Waals surface area contributed by atoms with Gasteiger partial charge in [-0.1, -0.05) is 0 Å². The molecule has 0 N–H and O–H groups in total. The maximum atomic E-state index is 10.9. The molecule has 0 aliphatic carbocycles. The summed E-state index contributed by atoms with van der Waals surface area (Å²) in [5.74, 6) is -0.0765. The standard InChI is InChI=1S/C7H6N4O/c1-5(12)6-3-11-7(2-8-6)9-4-10-11/h2-4H,1H3. The van der Waals surface area contributed by atoms with Gasteiger partial charge < -0.3 is 0 Å². The largest absolute Gasteiger partial charge is 0.293 e. The second-order valence-corrected chi connectivity index (χ2v) is 2.39. The third-order valence-corrected chi connectivity index (χ3v) is 1.53. The zero-order valence-corrected chi connectivity index (χ0v) is 6.43. The molecule has 0 saturated carbocycles. The van der Waals surface area contributed by atoms with Crippen LogP contribution in [0.4, 0.5) is 0 Å². The molecule has 0 radical (unpaired) electrons. The van der Waals surface area contributed by atoms with E-state index in [-0.39, 0.29) is 5.78 Å². The van der Waals surface area contributed by atoms with E-state index in [2.05, 4.69) is 15.1 Å². The normalized spacial score (nSPS) is 10.4. The summed E-state index contributed by atoms with van der Waals surface area (Å²) < 4.78 is 1.52. The van der Waals surface area contributed by atoms with Gasteiger partial charge in [0, 0.05) is 6.92 Å². The topological polar surface area (TPSA) is 60.2 Å². The summed E-state index contributed by atoms with van der Waals surface area (Å²) in [6.07, 6.45) is 4.50. The molecule has 60 valence electrons. The van der Waals surface area contributed by atoms with Crippen molar-refractivity contribution in [2.24, 2.45) is 0 Å². The molecular weight excluding hydrogens is 156 g/mol. The first-order chi connectivity index (χ1) is 5.77. The molecule has 0 fully saturated rings. The molecular formula is C7H6N4O. The minimum absolute atomic E-state index is 0.0765. The van der Waals surface area contributed by atoms with Gasteiger partial charge in [-0.25, -0.2) is 14.5 Å². The highest BCUT2D eigenvalue weighted by molar-refractivity contribution is 5.91. The Bertz CT molecular complexity index is 434. The Morgan fingerprint density at radius 1 is 1.50 bits per heavy atom. The lowest BCUT2D eigenvalue weighted by Gasteiger charge is -1.93. The summed E-state index contributed by atoms with van der Waals surface area (Å²) in [6.45, 7) is 1.46. The van der Waals surface area contributed by atoms with Crippen molar-refractivity contribution in [3.05, 3.63) is 24.4 Å². The van der Waals surface area contributed by atoms with Crippen molar-refractivity contribution in [1.82, 2.24) is 19.6 Å². The number of aromatic nitrogens is 4. The van der Waals surface area contributed by atoms with Gasteiger partial charge >= 0.3 is 0 Å². The molecule has 2 aromatic heterocycles. The van der Waals surface area contributed by atoms with Gasteiger partial charge in [0.2, 0.25) is 0 Å². The molecule has 2 heterocycles. The third kappa shape index (κ3) is 0.952. The molecule has 0 spiro atoms. The van der Waals surface area contributed by atoms with Crippen LogP contribution in [-0.2, 0) is 0 Å². The molecule has 0 unspecified atom stereocenters. The molecule has 2 rings (SSSR count). The van der Waals surface area contributed by atoms with Gasteiger partial charge in [0.15, 0.2) is 11.4 Å². The van der Waals surface area contributed by atoms with Crippen LogP contribution in [0.2, 0.25) is 0 Å². The van der Waals surface area contributed by atoms with Crippen LogP contribution >= 0.6 is 0 Å². The zero-order chi connectivity index (χ0) is 8.55. The fraction of sp³-hybridized carbons (Fsp3) is 0.143. The maximum Gasteiger partial charge on any atom is 0.179 e. The van der Waals surface area contributed by atoms with E-state index in [1.54, 1.807) is 6.20 Å². The van der Waals surface area contributed by atoms with Crippen molar-refractivity contribution in [3.8, 4) is 0 Å². The van der Waals surface area contributed by atoms with Gasteiger partial charge in [0.25, 0.3) is 0 Å². The lowest BCUT2D eigenvalue weighted by Crippen LogP contribution is -2.00. The number of fused-ring (bicyclic) bond motifs is 1. The van der Waals surface area contributed by atoms with E-state index in [1.165, 1.54) is 24.0 Å². The van der Waals surface area contributed by atoms with Crippen molar-refractivity contribution in [2.45, 2.75) is 6.92 Å². The van der Waals surface area contributed by atoms with Gasteiger partial charge in [-0.05, 0) is 0 Å².